The van der Waals surface area contributed by atoms with E-state index in [-0.39, 0.29) is 0 Å². The lowest BCUT2D eigenvalue weighted by molar-refractivity contribution is 0.202. The standard InChI is InChI=1S/C12H20N4O/c1-9-11(13-2)14-8-15-12(9)16-5-3-10(7-17)4-6-16/h8,10,17H,3-7H2,1-2H3,(H,13,14,15). The van der Waals surface area contributed by atoms with Crippen LogP contribution in [0, 0.1) is 12.8 Å². The van der Waals surface area contributed by atoms with Crippen LogP contribution in [0.5, 0.6) is 0 Å². The minimum absolute atomic E-state index is 0.304. The van der Waals surface area contributed by atoms with E-state index in [4.69, 9.17) is 5.11 Å². The van der Waals surface area contributed by atoms with Crippen molar-refractivity contribution < 1.29 is 5.11 Å². The van der Waals surface area contributed by atoms with Crippen LogP contribution in [0.1, 0.15) is 18.4 Å². The molecule has 2 N–H and O–H groups in total. The summed E-state index contributed by atoms with van der Waals surface area (Å²) >= 11 is 0. The van der Waals surface area contributed by atoms with Gasteiger partial charge in [-0.1, -0.05) is 0 Å². The number of rotatable bonds is 3. The summed E-state index contributed by atoms with van der Waals surface area (Å²) in [6.45, 7) is 4.27. The number of aromatic nitrogens is 2. The topological polar surface area (TPSA) is 61.3 Å². The Hall–Kier alpha value is -1.36. The Labute approximate surface area is 102 Å². The highest BCUT2D eigenvalue weighted by Gasteiger charge is 2.21. The van der Waals surface area contributed by atoms with Crippen molar-refractivity contribution in [3.05, 3.63) is 11.9 Å². The summed E-state index contributed by atoms with van der Waals surface area (Å²) < 4.78 is 0. The van der Waals surface area contributed by atoms with E-state index in [1.807, 2.05) is 14.0 Å². The van der Waals surface area contributed by atoms with Crippen molar-refractivity contribution in [2.24, 2.45) is 5.92 Å². The number of piperidine rings is 1. The molecular formula is C12H20N4O. The Balaban J connectivity index is 2.13. The highest BCUT2D eigenvalue weighted by molar-refractivity contribution is 5.57. The second-order valence-corrected chi connectivity index (χ2v) is 4.53. The lowest BCUT2D eigenvalue weighted by Gasteiger charge is -2.32. The Morgan fingerprint density at radius 3 is 2.71 bits per heavy atom. The minimum atomic E-state index is 0.304. The van der Waals surface area contributed by atoms with Gasteiger partial charge in [0.05, 0.1) is 0 Å². The average molecular weight is 236 g/mol. The number of hydrogen-bond donors (Lipinski definition) is 2. The number of nitrogens with zero attached hydrogens (tertiary/aromatic N) is 3. The second kappa shape index (κ2) is 5.31. The lowest BCUT2D eigenvalue weighted by atomic mass is 9.98. The van der Waals surface area contributed by atoms with Gasteiger partial charge in [-0.25, -0.2) is 9.97 Å². The Morgan fingerprint density at radius 1 is 1.41 bits per heavy atom. The van der Waals surface area contributed by atoms with Crippen LogP contribution in [0.3, 0.4) is 0 Å². The third-order valence-corrected chi connectivity index (χ3v) is 3.47. The highest BCUT2D eigenvalue weighted by atomic mass is 16.3. The second-order valence-electron chi connectivity index (χ2n) is 4.53. The van der Waals surface area contributed by atoms with E-state index in [9.17, 15) is 0 Å². The fourth-order valence-corrected chi connectivity index (χ4v) is 2.34. The van der Waals surface area contributed by atoms with Crippen LogP contribution in [0.25, 0.3) is 0 Å². The summed E-state index contributed by atoms with van der Waals surface area (Å²) in [7, 11) is 1.87. The number of anilines is 2. The van der Waals surface area contributed by atoms with Gasteiger partial charge in [0.1, 0.15) is 18.0 Å². The molecule has 5 heteroatoms. The van der Waals surface area contributed by atoms with E-state index in [2.05, 4.69) is 20.2 Å². The molecule has 0 aliphatic carbocycles. The molecule has 1 aliphatic heterocycles. The van der Waals surface area contributed by atoms with Crippen LogP contribution in [-0.2, 0) is 0 Å². The van der Waals surface area contributed by atoms with E-state index < -0.39 is 0 Å². The molecule has 0 atom stereocenters. The fraction of sp³-hybridized carbons (Fsp3) is 0.667. The number of hydrogen-bond acceptors (Lipinski definition) is 5. The van der Waals surface area contributed by atoms with Crippen LogP contribution in [0.4, 0.5) is 11.6 Å². The molecule has 0 aromatic carbocycles. The third kappa shape index (κ3) is 2.49. The molecule has 0 bridgehead atoms. The summed E-state index contributed by atoms with van der Waals surface area (Å²) in [4.78, 5) is 10.8. The Morgan fingerprint density at radius 2 is 2.12 bits per heavy atom. The molecular weight excluding hydrogens is 216 g/mol. The zero-order valence-corrected chi connectivity index (χ0v) is 10.5. The van der Waals surface area contributed by atoms with Crippen LogP contribution in [0.15, 0.2) is 6.33 Å². The first-order chi connectivity index (χ1) is 8.26. The molecule has 1 fully saturated rings. The minimum Gasteiger partial charge on any atom is -0.396 e. The van der Waals surface area contributed by atoms with E-state index in [1.165, 1.54) is 0 Å². The zero-order chi connectivity index (χ0) is 12.3. The molecule has 1 saturated heterocycles. The lowest BCUT2D eigenvalue weighted by Crippen LogP contribution is -2.35. The van der Waals surface area contributed by atoms with Gasteiger partial charge >= 0.3 is 0 Å². The van der Waals surface area contributed by atoms with Gasteiger partial charge in [0.2, 0.25) is 0 Å². The summed E-state index contributed by atoms with van der Waals surface area (Å²) in [5, 5.41) is 12.2. The molecule has 0 unspecified atom stereocenters. The van der Waals surface area contributed by atoms with Gasteiger partial charge in [0.15, 0.2) is 0 Å². The van der Waals surface area contributed by atoms with Gasteiger partial charge in [0.25, 0.3) is 0 Å². The van der Waals surface area contributed by atoms with E-state index in [0.717, 1.165) is 43.1 Å². The number of aliphatic hydroxyl groups excluding tert-OH is 1. The smallest absolute Gasteiger partial charge is 0.137 e. The van der Waals surface area contributed by atoms with Crippen LogP contribution < -0.4 is 10.2 Å². The molecule has 0 spiro atoms. The third-order valence-electron chi connectivity index (χ3n) is 3.47. The average Bonchev–Trinajstić information content (AvgIpc) is 2.39. The maximum Gasteiger partial charge on any atom is 0.137 e. The van der Waals surface area contributed by atoms with E-state index in [0.29, 0.717) is 12.5 Å². The molecule has 1 aromatic heterocycles. The van der Waals surface area contributed by atoms with Crippen molar-refractivity contribution in [3.8, 4) is 0 Å². The van der Waals surface area contributed by atoms with Crippen LogP contribution in [-0.4, -0.2) is 41.8 Å². The van der Waals surface area contributed by atoms with Gasteiger partial charge in [0, 0.05) is 32.3 Å². The zero-order valence-electron chi connectivity index (χ0n) is 10.5. The first-order valence-electron chi connectivity index (χ1n) is 6.11. The fourth-order valence-electron chi connectivity index (χ4n) is 2.34. The molecule has 0 amide bonds. The van der Waals surface area contributed by atoms with Crippen molar-refractivity contribution in [1.82, 2.24) is 9.97 Å². The maximum atomic E-state index is 9.13. The monoisotopic (exact) mass is 236 g/mol. The van der Waals surface area contributed by atoms with Crippen molar-refractivity contribution in [1.29, 1.82) is 0 Å². The normalized spacial score (nSPS) is 17.2. The molecule has 17 heavy (non-hydrogen) atoms. The van der Waals surface area contributed by atoms with E-state index >= 15 is 0 Å². The van der Waals surface area contributed by atoms with Crippen LogP contribution in [0.2, 0.25) is 0 Å². The summed E-state index contributed by atoms with van der Waals surface area (Å²) in [5.74, 6) is 2.36. The van der Waals surface area contributed by atoms with Crippen molar-refractivity contribution in [2.75, 3.05) is 37.0 Å². The van der Waals surface area contributed by atoms with Gasteiger partial charge in [-0.2, -0.15) is 0 Å². The van der Waals surface area contributed by atoms with Crippen molar-refractivity contribution in [3.63, 3.8) is 0 Å². The van der Waals surface area contributed by atoms with Crippen molar-refractivity contribution in [2.45, 2.75) is 19.8 Å². The Kier molecular flexibility index (Phi) is 3.78. The predicted octanol–water partition coefficient (Wildman–Crippen LogP) is 1.04. The first kappa shape index (κ1) is 12.1. The summed E-state index contributed by atoms with van der Waals surface area (Å²) in [6, 6.07) is 0. The van der Waals surface area contributed by atoms with Crippen LogP contribution >= 0.6 is 0 Å². The maximum absolute atomic E-state index is 9.13. The van der Waals surface area contributed by atoms with Gasteiger partial charge in [-0.05, 0) is 25.7 Å². The highest BCUT2D eigenvalue weighted by Crippen LogP contribution is 2.26. The molecule has 0 saturated carbocycles. The quantitative estimate of drug-likeness (QED) is 0.821. The largest absolute Gasteiger partial charge is 0.396 e. The van der Waals surface area contributed by atoms with E-state index in [1.54, 1.807) is 6.33 Å². The number of nitrogens with one attached hydrogen (secondary N) is 1. The summed E-state index contributed by atoms with van der Waals surface area (Å²) in [5.41, 5.74) is 1.09. The van der Waals surface area contributed by atoms with Gasteiger partial charge in [-0.3, -0.25) is 0 Å². The first-order valence-corrected chi connectivity index (χ1v) is 6.11. The molecule has 0 radical (unpaired) electrons. The molecule has 5 nitrogen and oxygen atoms in total. The van der Waals surface area contributed by atoms with Gasteiger partial charge in [-0.15, -0.1) is 0 Å². The molecule has 1 aliphatic rings. The predicted molar refractivity (Wildman–Crippen MR) is 68.3 cm³/mol. The number of aliphatic hydroxyl groups is 1. The molecule has 1 aromatic rings. The molecule has 2 heterocycles. The van der Waals surface area contributed by atoms with Gasteiger partial charge < -0.3 is 15.3 Å². The van der Waals surface area contributed by atoms with Crippen molar-refractivity contribution >= 4 is 11.6 Å². The molecule has 2 rings (SSSR count). The molecule has 94 valence electrons. The summed E-state index contributed by atoms with van der Waals surface area (Å²) in [6.07, 6.45) is 3.68. The SMILES string of the molecule is CNc1ncnc(N2CCC(CO)CC2)c1C. The Bertz CT molecular complexity index is 375.